The van der Waals surface area contributed by atoms with E-state index in [-0.39, 0.29) is 5.82 Å². The first-order chi connectivity index (χ1) is 8.61. The van der Waals surface area contributed by atoms with E-state index in [4.69, 9.17) is 4.74 Å². The first-order valence-electron chi connectivity index (χ1n) is 5.39. The fraction of sp³-hybridized carbons (Fsp3) is 0.143. The first kappa shape index (κ1) is 13.1. The second-order valence-corrected chi connectivity index (χ2v) is 4.70. The summed E-state index contributed by atoms with van der Waals surface area (Å²) in [6.07, 6.45) is -0.784. The lowest BCUT2D eigenvalue weighted by Gasteiger charge is -2.13. The highest BCUT2D eigenvalue weighted by molar-refractivity contribution is 9.10. The highest BCUT2D eigenvalue weighted by Gasteiger charge is 2.12. The van der Waals surface area contributed by atoms with E-state index < -0.39 is 6.10 Å². The zero-order valence-corrected chi connectivity index (χ0v) is 11.3. The highest BCUT2D eigenvalue weighted by Crippen LogP contribution is 2.30. The Kier molecular flexibility index (Phi) is 3.99. The van der Waals surface area contributed by atoms with Crippen LogP contribution in [0.15, 0.2) is 46.9 Å². The molecule has 18 heavy (non-hydrogen) atoms. The Labute approximate surface area is 113 Å². The van der Waals surface area contributed by atoms with Crippen LogP contribution in [0.3, 0.4) is 0 Å². The number of rotatable bonds is 3. The van der Waals surface area contributed by atoms with Crippen molar-refractivity contribution < 1.29 is 14.2 Å². The van der Waals surface area contributed by atoms with Crippen molar-refractivity contribution in [2.75, 3.05) is 7.11 Å². The van der Waals surface area contributed by atoms with Gasteiger partial charge in [-0.05, 0) is 51.3 Å². The van der Waals surface area contributed by atoms with Gasteiger partial charge in [-0.1, -0.05) is 18.2 Å². The fourth-order valence-electron chi connectivity index (χ4n) is 1.69. The van der Waals surface area contributed by atoms with Gasteiger partial charge in [0.25, 0.3) is 0 Å². The topological polar surface area (TPSA) is 29.5 Å². The van der Waals surface area contributed by atoms with Crippen molar-refractivity contribution in [3.63, 3.8) is 0 Å². The third-order valence-corrected chi connectivity index (χ3v) is 3.30. The van der Waals surface area contributed by atoms with Crippen LogP contribution in [-0.4, -0.2) is 12.2 Å². The molecule has 0 aliphatic carbocycles. The number of ether oxygens (including phenoxy) is 1. The molecule has 0 aromatic heterocycles. The van der Waals surface area contributed by atoms with Crippen LogP contribution in [0.2, 0.25) is 0 Å². The monoisotopic (exact) mass is 310 g/mol. The van der Waals surface area contributed by atoms with Crippen LogP contribution in [0.4, 0.5) is 4.39 Å². The van der Waals surface area contributed by atoms with Gasteiger partial charge in [-0.25, -0.2) is 4.39 Å². The SMILES string of the molecule is COc1ccc(C(O)c2ccc(F)cc2)cc1Br. The maximum Gasteiger partial charge on any atom is 0.133 e. The van der Waals surface area contributed by atoms with Gasteiger partial charge in [0.1, 0.15) is 17.7 Å². The molecule has 0 saturated carbocycles. The number of aliphatic hydroxyl groups is 1. The number of methoxy groups -OCH3 is 1. The molecule has 0 amide bonds. The fourth-order valence-corrected chi connectivity index (χ4v) is 2.25. The molecule has 0 bridgehead atoms. The average Bonchev–Trinajstić information content (AvgIpc) is 2.38. The molecule has 1 atom stereocenters. The molecule has 4 heteroatoms. The van der Waals surface area contributed by atoms with E-state index in [1.165, 1.54) is 12.1 Å². The van der Waals surface area contributed by atoms with Crippen LogP contribution in [0.25, 0.3) is 0 Å². The summed E-state index contributed by atoms with van der Waals surface area (Å²) in [5, 5.41) is 10.2. The second-order valence-electron chi connectivity index (χ2n) is 3.85. The number of halogens is 2. The minimum absolute atomic E-state index is 0.318. The van der Waals surface area contributed by atoms with Crippen molar-refractivity contribution in [2.45, 2.75) is 6.10 Å². The predicted octanol–water partition coefficient (Wildman–Crippen LogP) is 3.68. The second kappa shape index (κ2) is 5.50. The average molecular weight is 311 g/mol. The molecule has 0 fully saturated rings. The molecule has 94 valence electrons. The standard InChI is InChI=1S/C14H12BrFO2/c1-18-13-7-4-10(8-12(13)15)14(17)9-2-5-11(16)6-3-9/h2-8,14,17H,1H3. The Hall–Kier alpha value is -1.39. The van der Waals surface area contributed by atoms with Crippen molar-refractivity contribution in [2.24, 2.45) is 0 Å². The van der Waals surface area contributed by atoms with Crippen LogP contribution in [0.5, 0.6) is 5.75 Å². The van der Waals surface area contributed by atoms with Crippen LogP contribution in [0, 0.1) is 5.82 Å². The Morgan fingerprint density at radius 1 is 1.11 bits per heavy atom. The molecule has 0 radical (unpaired) electrons. The molecule has 0 saturated heterocycles. The van der Waals surface area contributed by atoms with Gasteiger partial charge in [-0.2, -0.15) is 0 Å². The summed E-state index contributed by atoms with van der Waals surface area (Å²) in [6, 6.07) is 11.1. The molecule has 0 heterocycles. The third kappa shape index (κ3) is 2.71. The van der Waals surface area contributed by atoms with E-state index in [0.717, 1.165) is 4.47 Å². The normalized spacial score (nSPS) is 12.2. The van der Waals surface area contributed by atoms with E-state index >= 15 is 0 Å². The third-order valence-electron chi connectivity index (χ3n) is 2.68. The lowest BCUT2D eigenvalue weighted by molar-refractivity contribution is 0.220. The summed E-state index contributed by atoms with van der Waals surface area (Å²) in [7, 11) is 1.58. The summed E-state index contributed by atoms with van der Waals surface area (Å²) in [5.74, 6) is 0.381. The summed E-state index contributed by atoms with van der Waals surface area (Å²) < 4.78 is 18.7. The maximum atomic E-state index is 12.8. The van der Waals surface area contributed by atoms with Crippen molar-refractivity contribution in [3.05, 3.63) is 63.9 Å². The minimum Gasteiger partial charge on any atom is -0.496 e. The lowest BCUT2D eigenvalue weighted by Crippen LogP contribution is -2.00. The quantitative estimate of drug-likeness (QED) is 0.937. The van der Waals surface area contributed by atoms with Crippen LogP contribution < -0.4 is 4.74 Å². The molecule has 1 unspecified atom stereocenters. The minimum atomic E-state index is -0.784. The van der Waals surface area contributed by atoms with Crippen LogP contribution in [-0.2, 0) is 0 Å². The van der Waals surface area contributed by atoms with Crippen molar-refractivity contribution >= 4 is 15.9 Å². The van der Waals surface area contributed by atoms with Gasteiger partial charge in [0, 0.05) is 0 Å². The number of hydrogen-bond acceptors (Lipinski definition) is 2. The highest BCUT2D eigenvalue weighted by atomic mass is 79.9. The maximum absolute atomic E-state index is 12.8. The van der Waals surface area contributed by atoms with Gasteiger partial charge in [-0.3, -0.25) is 0 Å². The molecule has 0 aliphatic rings. The van der Waals surface area contributed by atoms with E-state index in [2.05, 4.69) is 15.9 Å². The van der Waals surface area contributed by atoms with Crippen LogP contribution in [0.1, 0.15) is 17.2 Å². The Morgan fingerprint density at radius 2 is 1.72 bits per heavy atom. The summed E-state index contributed by atoms with van der Waals surface area (Å²) in [5.41, 5.74) is 1.36. The van der Waals surface area contributed by atoms with Crippen molar-refractivity contribution in [1.29, 1.82) is 0 Å². The summed E-state index contributed by atoms with van der Waals surface area (Å²) >= 11 is 3.36. The zero-order chi connectivity index (χ0) is 13.1. The first-order valence-corrected chi connectivity index (χ1v) is 6.18. The van der Waals surface area contributed by atoms with Gasteiger partial charge in [0.05, 0.1) is 11.6 Å². The lowest BCUT2D eigenvalue weighted by atomic mass is 10.0. The zero-order valence-electron chi connectivity index (χ0n) is 9.73. The molecule has 0 spiro atoms. The molecule has 2 nitrogen and oxygen atoms in total. The molecular weight excluding hydrogens is 299 g/mol. The number of aliphatic hydroxyl groups excluding tert-OH is 1. The Morgan fingerprint density at radius 3 is 2.28 bits per heavy atom. The largest absolute Gasteiger partial charge is 0.496 e. The van der Waals surface area contributed by atoms with Gasteiger partial charge >= 0.3 is 0 Å². The van der Waals surface area contributed by atoms with Gasteiger partial charge in [0.2, 0.25) is 0 Å². The van der Waals surface area contributed by atoms with Crippen LogP contribution >= 0.6 is 15.9 Å². The Bertz CT molecular complexity index is 540. The Balaban J connectivity index is 2.31. The smallest absolute Gasteiger partial charge is 0.133 e. The van der Waals surface area contributed by atoms with E-state index in [9.17, 15) is 9.50 Å². The van der Waals surface area contributed by atoms with Gasteiger partial charge < -0.3 is 9.84 Å². The molecule has 2 aromatic rings. The van der Waals surface area contributed by atoms with E-state index in [1.807, 2.05) is 0 Å². The molecule has 1 N–H and O–H groups in total. The van der Waals surface area contributed by atoms with E-state index in [0.29, 0.717) is 16.9 Å². The molecule has 2 rings (SSSR count). The number of hydrogen-bond donors (Lipinski definition) is 1. The molecule has 2 aromatic carbocycles. The van der Waals surface area contributed by atoms with Crippen molar-refractivity contribution in [1.82, 2.24) is 0 Å². The van der Waals surface area contributed by atoms with E-state index in [1.54, 1.807) is 37.4 Å². The molecular formula is C14H12BrFO2. The summed E-state index contributed by atoms with van der Waals surface area (Å²) in [6.45, 7) is 0. The van der Waals surface area contributed by atoms with Gasteiger partial charge in [0.15, 0.2) is 0 Å². The van der Waals surface area contributed by atoms with Crippen molar-refractivity contribution in [3.8, 4) is 5.75 Å². The summed E-state index contributed by atoms with van der Waals surface area (Å²) in [4.78, 5) is 0. The number of benzene rings is 2. The van der Waals surface area contributed by atoms with Gasteiger partial charge in [-0.15, -0.1) is 0 Å². The predicted molar refractivity (Wildman–Crippen MR) is 71.2 cm³/mol. The molecule has 0 aliphatic heterocycles.